The molecule has 0 unspecified atom stereocenters. The van der Waals surface area contributed by atoms with Gasteiger partial charge in [0.15, 0.2) is 0 Å². The standard InChI is InChI=1S/C24H18N4O4S2/c1-15(29)27-24-22(17-5-3-2-4-6-17)28-23(33-24)18(14-25)13-19-9-12-21(32-19)16-7-10-20(11-8-16)34(26,30)31/h2-13H,1H3,(H,27,29)(H2,26,30,31). The Morgan fingerprint density at radius 1 is 1.09 bits per heavy atom. The minimum Gasteiger partial charge on any atom is -0.457 e. The van der Waals surface area contributed by atoms with Crippen molar-refractivity contribution in [3.63, 3.8) is 0 Å². The number of nitrogens with zero attached hydrogens (tertiary/aromatic N) is 2. The molecule has 10 heteroatoms. The van der Waals surface area contributed by atoms with Crippen LogP contribution in [0.2, 0.25) is 0 Å². The van der Waals surface area contributed by atoms with E-state index in [1.54, 1.807) is 30.3 Å². The van der Waals surface area contributed by atoms with Gasteiger partial charge in [-0.3, -0.25) is 4.79 Å². The minimum absolute atomic E-state index is 0.00246. The van der Waals surface area contributed by atoms with Crippen molar-refractivity contribution in [3.8, 4) is 28.7 Å². The maximum atomic E-state index is 11.7. The Morgan fingerprint density at radius 3 is 2.41 bits per heavy atom. The van der Waals surface area contributed by atoms with Crippen LogP contribution < -0.4 is 10.5 Å². The summed E-state index contributed by atoms with van der Waals surface area (Å²) in [5, 5.41) is 18.7. The monoisotopic (exact) mass is 490 g/mol. The molecule has 0 bridgehead atoms. The molecule has 2 aromatic heterocycles. The van der Waals surface area contributed by atoms with Crippen molar-refractivity contribution in [2.75, 3.05) is 5.32 Å². The first-order chi connectivity index (χ1) is 16.2. The number of allylic oxidation sites excluding steroid dienone is 1. The van der Waals surface area contributed by atoms with E-state index in [9.17, 15) is 18.5 Å². The number of furan rings is 1. The van der Waals surface area contributed by atoms with E-state index in [1.165, 1.54) is 30.4 Å². The molecule has 0 atom stereocenters. The van der Waals surface area contributed by atoms with Crippen LogP contribution >= 0.6 is 11.3 Å². The summed E-state index contributed by atoms with van der Waals surface area (Å²) in [5.74, 6) is 0.672. The van der Waals surface area contributed by atoms with Gasteiger partial charge in [0.2, 0.25) is 15.9 Å². The van der Waals surface area contributed by atoms with E-state index in [-0.39, 0.29) is 16.4 Å². The van der Waals surface area contributed by atoms with Crippen LogP contribution in [-0.2, 0) is 14.8 Å². The zero-order valence-electron chi connectivity index (χ0n) is 17.8. The van der Waals surface area contributed by atoms with Crippen molar-refractivity contribution < 1.29 is 17.6 Å². The van der Waals surface area contributed by atoms with Crippen LogP contribution in [0.4, 0.5) is 5.00 Å². The number of nitrogens with one attached hydrogen (secondary N) is 1. The lowest BCUT2D eigenvalue weighted by molar-refractivity contribution is -0.114. The molecule has 4 aromatic rings. The van der Waals surface area contributed by atoms with Gasteiger partial charge in [-0.1, -0.05) is 41.7 Å². The summed E-state index contributed by atoms with van der Waals surface area (Å²) < 4.78 is 28.7. The Hall–Kier alpha value is -4.04. The summed E-state index contributed by atoms with van der Waals surface area (Å²) in [6, 6.07) is 20.9. The smallest absolute Gasteiger partial charge is 0.238 e. The molecule has 0 saturated heterocycles. The number of nitrogens with two attached hydrogens (primary N) is 1. The van der Waals surface area contributed by atoms with Gasteiger partial charge < -0.3 is 9.73 Å². The van der Waals surface area contributed by atoms with Crippen molar-refractivity contribution in [3.05, 3.63) is 77.5 Å². The third kappa shape index (κ3) is 5.13. The number of carbonyl (C=O) groups is 1. The minimum atomic E-state index is -3.78. The molecule has 0 fully saturated rings. The van der Waals surface area contributed by atoms with Gasteiger partial charge in [-0.2, -0.15) is 5.26 Å². The number of amides is 1. The highest BCUT2D eigenvalue weighted by atomic mass is 32.2. The lowest BCUT2D eigenvalue weighted by atomic mass is 10.1. The van der Waals surface area contributed by atoms with E-state index in [0.717, 1.165) is 5.56 Å². The highest BCUT2D eigenvalue weighted by molar-refractivity contribution is 7.89. The molecule has 170 valence electrons. The van der Waals surface area contributed by atoms with Gasteiger partial charge in [0.1, 0.15) is 33.3 Å². The van der Waals surface area contributed by atoms with E-state index < -0.39 is 10.0 Å². The second-order valence-corrected chi connectivity index (χ2v) is 9.75. The Morgan fingerprint density at radius 2 is 1.79 bits per heavy atom. The first kappa shape index (κ1) is 23.1. The number of carbonyl (C=O) groups excluding carboxylic acids is 1. The second kappa shape index (κ2) is 9.44. The topological polar surface area (TPSA) is 139 Å². The largest absolute Gasteiger partial charge is 0.457 e. The third-order valence-electron chi connectivity index (χ3n) is 4.70. The molecule has 2 heterocycles. The molecule has 4 rings (SSSR count). The summed E-state index contributed by atoms with van der Waals surface area (Å²) >= 11 is 1.20. The van der Waals surface area contributed by atoms with Crippen LogP contribution in [0, 0.1) is 11.3 Å². The Bertz CT molecular complexity index is 1530. The van der Waals surface area contributed by atoms with Gasteiger partial charge in [0.25, 0.3) is 0 Å². The quantitative estimate of drug-likeness (QED) is 0.374. The number of rotatable bonds is 6. The number of thiazole rings is 1. The number of sulfonamides is 1. The van der Waals surface area contributed by atoms with Crippen LogP contribution in [0.5, 0.6) is 0 Å². The van der Waals surface area contributed by atoms with Crippen molar-refractivity contribution in [1.82, 2.24) is 4.98 Å². The zero-order chi connectivity index (χ0) is 24.3. The molecular formula is C24H18N4O4S2. The number of primary sulfonamides is 1. The van der Waals surface area contributed by atoms with Crippen molar-refractivity contribution >= 4 is 43.9 Å². The molecule has 0 aliphatic rings. The van der Waals surface area contributed by atoms with Gasteiger partial charge in [0.05, 0.1) is 10.5 Å². The molecule has 0 radical (unpaired) electrons. The van der Waals surface area contributed by atoms with Crippen molar-refractivity contribution in [2.45, 2.75) is 11.8 Å². The van der Waals surface area contributed by atoms with Crippen LogP contribution in [0.25, 0.3) is 34.2 Å². The maximum absolute atomic E-state index is 11.7. The molecule has 1 amide bonds. The number of hydrogen-bond acceptors (Lipinski definition) is 7. The number of benzene rings is 2. The van der Waals surface area contributed by atoms with Gasteiger partial charge >= 0.3 is 0 Å². The summed E-state index contributed by atoms with van der Waals surface area (Å²) in [4.78, 5) is 16.3. The fourth-order valence-electron chi connectivity index (χ4n) is 3.15. The summed E-state index contributed by atoms with van der Waals surface area (Å²) in [6.07, 6.45) is 1.56. The van der Waals surface area contributed by atoms with Crippen LogP contribution in [0.3, 0.4) is 0 Å². The van der Waals surface area contributed by atoms with E-state index >= 15 is 0 Å². The number of hydrogen-bond donors (Lipinski definition) is 2. The van der Waals surface area contributed by atoms with Gasteiger partial charge in [0, 0.05) is 24.1 Å². The Balaban J connectivity index is 1.67. The molecule has 2 aromatic carbocycles. The lowest BCUT2D eigenvalue weighted by Gasteiger charge is -2.01. The number of nitriles is 1. The Labute approximate surface area is 200 Å². The summed E-state index contributed by atoms with van der Waals surface area (Å²) in [6.45, 7) is 1.41. The number of aromatic nitrogens is 1. The third-order valence-corrected chi connectivity index (χ3v) is 6.63. The second-order valence-electron chi connectivity index (χ2n) is 7.19. The summed E-state index contributed by atoms with van der Waals surface area (Å²) in [7, 11) is -3.78. The zero-order valence-corrected chi connectivity index (χ0v) is 19.5. The molecule has 0 spiro atoms. The normalized spacial score (nSPS) is 11.7. The summed E-state index contributed by atoms with van der Waals surface area (Å²) in [5.41, 5.74) is 2.31. The fourth-order valence-corrected chi connectivity index (χ4v) is 4.67. The average molecular weight is 491 g/mol. The van der Waals surface area contributed by atoms with Crippen LogP contribution in [0.1, 0.15) is 17.7 Å². The average Bonchev–Trinajstić information content (AvgIpc) is 3.44. The lowest BCUT2D eigenvalue weighted by Crippen LogP contribution is -2.11. The maximum Gasteiger partial charge on any atom is 0.238 e. The molecular weight excluding hydrogens is 472 g/mol. The first-order valence-electron chi connectivity index (χ1n) is 9.93. The van der Waals surface area contributed by atoms with Crippen molar-refractivity contribution in [2.24, 2.45) is 5.14 Å². The van der Waals surface area contributed by atoms with E-state index in [2.05, 4.69) is 16.4 Å². The molecule has 34 heavy (non-hydrogen) atoms. The van der Waals surface area contributed by atoms with E-state index in [0.29, 0.717) is 32.8 Å². The molecule has 3 N–H and O–H groups in total. The molecule has 0 saturated carbocycles. The molecule has 0 aliphatic carbocycles. The first-order valence-corrected chi connectivity index (χ1v) is 12.3. The molecule has 8 nitrogen and oxygen atoms in total. The van der Waals surface area contributed by atoms with Crippen LogP contribution in [-0.4, -0.2) is 19.3 Å². The highest BCUT2D eigenvalue weighted by Crippen LogP contribution is 2.36. The Kier molecular flexibility index (Phi) is 6.43. The highest BCUT2D eigenvalue weighted by Gasteiger charge is 2.17. The van der Waals surface area contributed by atoms with Crippen LogP contribution in [0.15, 0.2) is 76.0 Å². The van der Waals surface area contributed by atoms with Gasteiger partial charge in [-0.05, 0) is 36.4 Å². The predicted octanol–water partition coefficient (Wildman–Crippen LogP) is 4.74. The van der Waals surface area contributed by atoms with Gasteiger partial charge in [-0.25, -0.2) is 18.5 Å². The number of anilines is 1. The van der Waals surface area contributed by atoms with E-state index in [1.807, 2.05) is 30.3 Å². The fraction of sp³-hybridized carbons (Fsp3) is 0.0417. The van der Waals surface area contributed by atoms with Gasteiger partial charge in [-0.15, -0.1) is 0 Å². The van der Waals surface area contributed by atoms with E-state index in [4.69, 9.17) is 9.56 Å². The predicted molar refractivity (Wildman–Crippen MR) is 131 cm³/mol. The van der Waals surface area contributed by atoms with Crippen molar-refractivity contribution in [1.29, 1.82) is 5.26 Å². The SMILES string of the molecule is CC(=O)Nc1sc(C(C#N)=Cc2ccc(-c3ccc(S(N)(=O)=O)cc3)o2)nc1-c1ccccc1. The molecule has 0 aliphatic heterocycles.